The normalized spacial score (nSPS) is 15.7. The van der Waals surface area contributed by atoms with Crippen LogP contribution >= 0.6 is 0 Å². The first-order valence-electron chi connectivity index (χ1n) is 10.1. The zero-order chi connectivity index (χ0) is 20.2. The van der Waals surface area contributed by atoms with Gasteiger partial charge in [0.2, 0.25) is 0 Å². The van der Waals surface area contributed by atoms with Gasteiger partial charge in [0.15, 0.2) is 11.6 Å². The quantitative estimate of drug-likeness (QED) is 0.532. The van der Waals surface area contributed by atoms with Crippen LogP contribution in [0.4, 0.5) is 11.4 Å². The number of anilines is 2. The lowest BCUT2D eigenvalue weighted by Gasteiger charge is -2.42. The van der Waals surface area contributed by atoms with Crippen LogP contribution in [0, 0.1) is 0 Å². The first kappa shape index (κ1) is 18.3. The number of para-hydroxylation sites is 1. The van der Waals surface area contributed by atoms with E-state index in [4.69, 9.17) is 4.98 Å². The average molecular weight is 397 g/mol. The van der Waals surface area contributed by atoms with E-state index in [-0.39, 0.29) is 5.54 Å². The second-order valence-electron chi connectivity index (χ2n) is 7.51. The molecule has 5 rings (SSSR count). The number of hydrogen-bond acceptors (Lipinski definition) is 6. The Balaban J connectivity index is 1.45. The third-order valence-corrected chi connectivity index (χ3v) is 5.68. The summed E-state index contributed by atoms with van der Waals surface area (Å²) in [6.45, 7) is 1.82. The zero-order valence-corrected chi connectivity index (χ0v) is 16.6. The second-order valence-corrected chi connectivity index (χ2v) is 7.51. The molecule has 3 aromatic heterocycles. The number of aromatic nitrogens is 5. The Hall–Kier alpha value is -3.74. The number of hydrogen-bond donors (Lipinski definition) is 2. The van der Waals surface area contributed by atoms with Gasteiger partial charge in [0.1, 0.15) is 5.54 Å². The Bertz CT molecular complexity index is 1070. The third-order valence-electron chi connectivity index (χ3n) is 5.68. The van der Waals surface area contributed by atoms with E-state index in [9.17, 15) is 0 Å². The van der Waals surface area contributed by atoms with Gasteiger partial charge in [0, 0.05) is 54.8 Å². The third kappa shape index (κ3) is 3.61. The van der Waals surface area contributed by atoms with Crippen LogP contribution in [0.15, 0.2) is 79.4 Å². The average Bonchev–Trinajstić information content (AvgIpc) is 3.33. The maximum absolute atomic E-state index is 4.88. The topological polar surface area (TPSA) is 82.6 Å². The van der Waals surface area contributed by atoms with E-state index in [0.717, 1.165) is 43.0 Å². The van der Waals surface area contributed by atoms with Gasteiger partial charge in [-0.2, -0.15) is 5.10 Å². The van der Waals surface area contributed by atoms with Crippen LogP contribution in [0.25, 0.3) is 11.4 Å². The molecule has 0 saturated carbocycles. The van der Waals surface area contributed by atoms with Crippen molar-refractivity contribution < 1.29 is 0 Å². The molecule has 1 aliphatic heterocycles. The summed E-state index contributed by atoms with van der Waals surface area (Å²) in [6, 6.07) is 18.3. The highest BCUT2D eigenvalue weighted by atomic mass is 15.3. The summed E-state index contributed by atoms with van der Waals surface area (Å²) in [5, 5.41) is 11.5. The van der Waals surface area contributed by atoms with E-state index in [1.807, 2.05) is 42.7 Å². The lowest BCUT2D eigenvalue weighted by molar-refractivity contribution is 0.357. The highest BCUT2D eigenvalue weighted by Gasteiger charge is 2.39. The monoisotopic (exact) mass is 397 g/mol. The molecule has 7 heteroatoms. The molecule has 1 aliphatic rings. The Morgan fingerprint density at radius 3 is 2.20 bits per heavy atom. The minimum Gasteiger partial charge on any atom is -0.373 e. The van der Waals surface area contributed by atoms with Crippen molar-refractivity contribution in [2.75, 3.05) is 23.3 Å². The molecule has 0 unspecified atom stereocenters. The maximum Gasteiger partial charge on any atom is 0.181 e. The van der Waals surface area contributed by atoms with Gasteiger partial charge in [0.05, 0.1) is 0 Å². The SMILES string of the molecule is c1ccc(NC2(c3nc(-c4ccncc4)n[nH]3)CCN(c3ccncc3)CC2)cc1. The van der Waals surface area contributed by atoms with E-state index in [2.05, 4.69) is 54.6 Å². The maximum atomic E-state index is 4.88. The second kappa shape index (κ2) is 7.94. The predicted molar refractivity (Wildman–Crippen MR) is 117 cm³/mol. The van der Waals surface area contributed by atoms with Gasteiger partial charge in [-0.05, 0) is 49.2 Å². The number of benzene rings is 1. The minimum atomic E-state index is -0.316. The Morgan fingerprint density at radius 2 is 1.50 bits per heavy atom. The molecule has 0 aliphatic carbocycles. The summed E-state index contributed by atoms with van der Waals surface area (Å²) >= 11 is 0. The molecule has 2 N–H and O–H groups in total. The van der Waals surface area contributed by atoms with Gasteiger partial charge in [-0.25, -0.2) is 4.98 Å². The van der Waals surface area contributed by atoms with Crippen LogP contribution in [0.5, 0.6) is 0 Å². The van der Waals surface area contributed by atoms with E-state index in [1.54, 1.807) is 12.4 Å². The van der Waals surface area contributed by atoms with Gasteiger partial charge in [-0.3, -0.25) is 15.1 Å². The summed E-state index contributed by atoms with van der Waals surface area (Å²) in [4.78, 5) is 15.5. The van der Waals surface area contributed by atoms with Crippen LogP contribution in [0.3, 0.4) is 0 Å². The summed E-state index contributed by atoms with van der Waals surface area (Å²) < 4.78 is 0. The van der Waals surface area contributed by atoms with E-state index in [0.29, 0.717) is 5.82 Å². The zero-order valence-electron chi connectivity index (χ0n) is 16.6. The minimum absolute atomic E-state index is 0.316. The summed E-state index contributed by atoms with van der Waals surface area (Å²) in [5.41, 5.74) is 2.92. The Kier molecular flexibility index (Phi) is 4.85. The van der Waals surface area contributed by atoms with Gasteiger partial charge in [-0.1, -0.05) is 18.2 Å². The van der Waals surface area contributed by atoms with E-state index >= 15 is 0 Å². The van der Waals surface area contributed by atoms with Gasteiger partial charge in [0.25, 0.3) is 0 Å². The summed E-state index contributed by atoms with van der Waals surface area (Å²) in [6.07, 6.45) is 9.01. The molecule has 0 atom stereocenters. The van der Waals surface area contributed by atoms with Gasteiger partial charge < -0.3 is 10.2 Å². The first-order chi connectivity index (χ1) is 14.8. The Labute approximate surface area is 175 Å². The van der Waals surface area contributed by atoms with Crippen molar-refractivity contribution in [2.24, 2.45) is 0 Å². The summed E-state index contributed by atoms with van der Waals surface area (Å²) in [5.74, 6) is 1.56. The van der Waals surface area contributed by atoms with Crippen LogP contribution < -0.4 is 10.2 Å². The molecule has 150 valence electrons. The van der Waals surface area contributed by atoms with Gasteiger partial charge >= 0.3 is 0 Å². The van der Waals surface area contributed by atoms with E-state index in [1.165, 1.54) is 5.69 Å². The largest absolute Gasteiger partial charge is 0.373 e. The number of nitrogens with one attached hydrogen (secondary N) is 2. The number of pyridine rings is 2. The molecule has 7 nitrogen and oxygen atoms in total. The lowest BCUT2D eigenvalue weighted by atomic mass is 9.86. The lowest BCUT2D eigenvalue weighted by Crippen LogP contribution is -2.48. The van der Waals surface area contributed by atoms with Crippen molar-refractivity contribution in [3.63, 3.8) is 0 Å². The Morgan fingerprint density at radius 1 is 0.833 bits per heavy atom. The molecule has 0 spiro atoms. The fourth-order valence-electron chi connectivity index (χ4n) is 4.03. The molecule has 30 heavy (non-hydrogen) atoms. The highest BCUT2D eigenvalue weighted by Crippen LogP contribution is 2.36. The molecule has 1 fully saturated rings. The van der Waals surface area contributed by atoms with Gasteiger partial charge in [-0.15, -0.1) is 0 Å². The van der Waals surface area contributed by atoms with Crippen molar-refractivity contribution in [1.82, 2.24) is 25.1 Å². The molecule has 4 aromatic rings. The molecular weight excluding hydrogens is 374 g/mol. The number of aromatic amines is 1. The molecule has 4 heterocycles. The molecule has 0 radical (unpaired) electrons. The van der Waals surface area contributed by atoms with Crippen LogP contribution in [-0.4, -0.2) is 38.2 Å². The van der Waals surface area contributed by atoms with Crippen molar-refractivity contribution in [3.8, 4) is 11.4 Å². The molecule has 0 bridgehead atoms. The van der Waals surface area contributed by atoms with Crippen molar-refractivity contribution in [2.45, 2.75) is 18.4 Å². The van der Waals surface area contributed by atoms with Crippen LogP contribution in [0.2, 0.25) is 0 Å². The number of rotatable bonds is 5. The fourth-order valence-corrected chi connectivity index (χ4v) is 4.03. The van der Waals surface area contributed by atoms with E-state index < -0.39 is 0 Å². The molecular formula is C23H23N7. The number of nitrogens with zero attached hydrogens (tertiary/aromatic N) is 5. The molecule has 1 saturated heterocycles. The smallest absolute Gasteiger partial charge is 0.181 e. The van der Waals surface area contributed by atoms with Crippen molar-refractivity contribution in [1.29, 1.82) is 0 Å². The fraction of sp³-hybridized carbons (Fsp3) is 0.217. The standard InChI is InChI=1S/C23H23N7/c1-2-4-19(5-3-1)27-23(10-16-30(17-11-23)20-8-14-25-15-9-20)22-26-21(28-29-22)18-6-12-24-13-7-18/h1-9,12-15,27H,10-11,16-17H2,(H,26,28,29). The number of piperidine rings is 1. The highest BCUT2D eigenvalue weighted by molar-refractivity contribution is 5.54. The van der Waals surface area contributed by atoms with Crippen molar-refractivity contribution in [3.05, 3.63) is 85.2 Å². The first-order valence-corrected chi connectivity index (χ1v) is 10.1. The summed E-state index contributed by atoms with van der Waals surface area (Å²) in [7, 11) is 0. The van der Waals surface area contributed by atoms with Crippen LogP contribution in [-0.2, 0) is 5.54 Å². The molecule has 0 amide bonds. The van der Waals surface area contributed by atoms with Crippen LogP contribution in [0.1, 0.15) is 18.7 Å². The van der Waals surface area contributed by atoms with Crippen molar-refractivity contribution >= 4 is 11.4 Å². The predicted octanol–water partition coefficient (Wildman–Crippen LogP) is 3.87. The number of H-pyrrole nitrogens is 1. The molecule has 1 aromatic carbocycles.